The van der Waals surface area contributed by atoms with Crippen molar-refractivity contribution < 1.29 is 4.79 Å². The number of allylic oxidation sites excluding steroid dienone is 4. The van der Waals surface area contributed by atoms with E-state index in [1.807, 2.05) is 4.68 Å². The van der Waals surface area contributed by atoms with Crippen LogP contribution in [-0.2, 0) is 12.8 Å². The van der Waals surface area contributed by atoms with Crippen molar-refractivity contribution in [2.75, 3.05) is 6.54 Å². The number of hydrogen-bond acceptors (Lipinski definition) is 2. The number of aryl methyl sites for hydroxylation is 2. The van der Waals surface area contributed by atoms with Gasteiger partial charge in [-0.15, -0.1) is 0 Å². The Morgan fingerprint density at radius 3 is 2.72 bits per heavy atom. The van der Waals surface area contributed by atoms with Gasteiger partial charge in [-0.2, -0.15) is 5.10 Å². The molecule has 0 aliphatic heterocycles. The first-order valence-electron chi connectivity index (χ1n) is 13.9. The first-order valence-corrected chi connectivity index (χ1v) is 14.3. The van der Waals surface area contributed by atoms with Gasteiger partial charge >= 0.3 is 0 Å². The van der Waals surface area contributed by atoms with E-state index in [2.05, 4.69) is 70.3 Å². The second kappa shape index (κ2) is 11.8. The van der Waals surface area contributed by atoms with Crippen LogP contribution in [0.4, 0.5) is 0 Å². The summed E-state index contributed by atoms with van der Waals surface area (Å²) in [5.74, 6) is 1.55. The predicted octanol–water partition coefficient (Wildman–Crippen LogP) is 7.93. The lowest BCUT2D eigenvalue weighted by Crippen LogP contribution is -2.29. The molecule has 0 spiro atoms. The van der Waals surface area contributed by atoms with Gasteiger partial charge in [0.1, 0.15) is 0 Å². The molecule has 0 saturated heterocycles. The van der Waals surface area contributed by atoms with Gasteiger partial charge in [0.15, 0.2) is 5.69 Å². The van der Waals surface area contributed by atoms with Gasteiger partial charge in [-0.3, -0.25) is 4.79 Å². The van der Waals surface area contributed by atoms with Crippen LogP contribution in [0.5, 0.6) is 0 Å². The minimum Gasteiger partial charge on any atom is -0.350 e. The average molecular weight is 508 g/mol. The molecular weight excluding hydrogens is 466 g/mol. The molecule has 36 heavy (non-hydrogen) atoms. The molecule has 194 valence electrons. The van der Waals surface area contributed by atoms with Crippen LogP contribution in [0.1, 0.15) is 93.4 Å². The van der Waals surface area contributed by atoms with Crippen molar-refractivity contribution in [3.63, 3.8) is 0 Å². The number of benzene rings is 1. The average Bonchev–Trinajstić information content (AvgIpc) is 3.12. The maximum absolute atomic E-state index is 13.5. The van der Waals surface area contributed by atoms with E-state index in [0.29, 0.717) is 29.1 Å². The molecule has 4 rings (SSSR count). The van der Waals surface area contributed by atoms with Crippen molar-refractivity contribution in [2.45, 2.75) is 86.0 Å². The van der Waals surface area contributed by atoms with Gasteiger partial charge in [-0.25, -0.2) is 4.68 Å². The minimum absolute atomic E-state index is 0.0696. The molecule has 2 unspecified atom stereocenters. The number of aromatic nitrogens is 2. The quantitative estimate of drug-likeness (QED) is 0.374. The molecule has 4 nitrogen and oxygen atoms in total. The maximum atomic E-state index is 13.5. The maximum Gasteiger partial charge on any atom is 0.272 e. The van der Waals surface area contributed by atoms with Gasteiger partial charge in [0.25, 0.3) is 5.91 Å². The topological polar surface area (TPSA) is 46.9 Å². The Labute approximate surface area is 222 Å². The Morgan fingerprint density at radius 2 is 2.00 bits per heavy atom. The monoisotopic (exact) mass is 507 g/mol. The van der Waals surface area contributed by atoms with E-state index in [0.717, 1.165) is 55.0 Å². The molecule has 2 atom stereocenters. The summed E-state index contributed by atoms with van der Waals surface area (Å²) in [6, 6.07) is 6.62. The van der Waals surface area contributed by atoms with E-state index >= 15 is 0 Å². The molecule has 1 N–H and O–H groups in total. The second-order valence-corrected chi connectivity index (χ2v) is 11.4. The highest BCUT2D eigenvalue weighted by Gasteiger charge is 2.29. The van der Waals surface area contributed by atoms with Crippen molar-refractivity contribution in [1.29, 1.82) is 0 Å². The molecule has 2 aliphatic rings. The number of halogens is 1. The summed E-state index contributed by atoms with van der Waals surface area (Å²) in [5, 5.41) is 8.87. The number of hydrogen-bond donors (Lipinski definition) is 1. The first-order chi connectivity index (χ1) is 17.3. The van der Waals surface area contributed by atoms with Crippen LogP contribution in [0.15, 0.2) is 35.4 Å². The van der Waals surface area contributed by atoms with Gasteiger partial charge in [0.05, 0.1) is 16.4 Å². The largest absolute Gasteiger partial charge is 0.350 e. The van der Waals surface area contributed by atoms with E-state index in [1.54, 1.807) is 0 Å². The lowest BCUT2D eigenvalue weighted by Gasteiger charge is -2.18. The normalized spacial score (nSPS) is 18.1. The first kappa shape index (κ1) is 26.7. The summed E-state index contributed by atoms with van der Waals surface area (Å²) in [6.07, 6.45) is 12.8. The van der Waals surface area contributed by atoms with Crippen molar-refractivity contribution in [3.05, 3.63) is 57.8 Å². The van der Waals surface area contributed by atoms with E-state index < -0.39 is 0 Å². The summed E-state index contributed by atoms with van der Waals surface area (Å²) in [4.78, 5) is 13.5. The second-order valence-electron chi connectivity index (χ2n) is 11.0. The number of fused-ring (bicyclic) bond motifs is 3. The van der Waals surface area contributed by atoms with Crippen LogP contribution < -0.4 is 5.32 Å². The number of nitrogens with zero attached hydrogens (tertiary/aromatic N) is 2. The molecule has 0 radical (unpaired) electrons. The lowest BCUT2D eigenvalue weighted by atomic mass is 9.93. The third-order valence-electron chi connectivity index (χ3n) is 8.01. The van der Waals surface area contributed by atoms with Crippen molar-refractivity contribution in [1.82, 2.24) is 15.1 Å². The summed E-state index contributed by atoms with van der Waals surface area (Å²) in [6.45, 7) is 11.8. The van der Waals surface area contributed by atoms with Gasteiger partial charge in [-0.05, 0) is 62.3 Å². The van der Waals surface area contributed by atoms with Gasteiger partial charge in [0.2, 0.25) is 0 Å². The SMILES string of the molecule is CCC(CC)CCC(C)CNC(=O)c1nn(C2=CCC(C)C=C2Cl)c2c1CCCc1cc(C)ccc1-2. The fourth-order valence-corrected chi connectivity index (χ4v) is 5.96. The molecule has 1 amide bonds. The Kier molecular flexibility index (Phi) is 8.77. The third-order valence-corrected chi connectivity index (χ3v) is 8.33. The number of carbonyl (C=O) groups is 1. The van der Waals surface area contributed by atoms with Crippen LogP contribution in [-0.4, -0.2) is 22.2 Å². The third kappa shape index (κ3) is 5.80. The van der Waals surface area contributed by atoms with E-state index in [4.69, 9.17) is 16.7 Å². The van der Waals surface area contributed by atoms with Crippen LogP contribution in [0.25, 0.3) is 17.0 Å². The Morgan fingerprint density at radius 1 is 1.22 bits per heavy atom. The Hall–Kier alpha value is -2.33. The lowest BCUT2D eigenvalue weighted by molar-refractivity contribution is 0.0940. The molecule has 2 aromatic rings. The number of amides is 1. The van der Waals surface area contributed by atoms with Crippen LogP contribution in [0, 0.1) is 24.7 Å². The van der Waals surface area contributed by atoms with Crippen LogP contribution in [0.3, 0.4) is 0 Å². The summed E-state index contributed by atoms with van der Waals surface area (Å²) in [7, 11) is 0. The van der Waals surface area contributed by atoms with Gasteiger partial charge < -0.3 is 5.32 Å². The molecule has 1 heterocycles. The highest BCUT2D eigenvalue weighted by molar-refractivity contribution is 6.36. The molecule has 0 bridgehead atoms. The van der Waals surface area contributed by atoms with E-state index in [9.17, 15) is 4.79 Å². The molecule has 2 aliphatic carbocycles. The fourth-order valence-electron chi connectivity index (χ4n) is 5.59. The van der Waals surface area contributed by atoms with Crippen LogP contribution >= 0.6 is 11.6 Å². The van der Waals surface area contributed by atoms with E-state index in [1.165, 1.54) is 36.0 Å². The highest BCUT2D eigenvalue weighted by atomic mass is 35.5. The molecule has 5 heteroatoms. The zero-order chi connectivity index (χ0) is 25.8. The highest BCUT2D eigenvalue weighted by Crippen LogP contribution is 2.39. The Balaban J connectivity index is 1.66. The van der Waals surface area contributed by atoms with Crippen molar-refractivity contribution >= 4 is 23.2 Å². The summed E-state index contributed by atoms with van der Waals surface area (Å²) < 4.78 is 1.95. The molecule has 0 fully saturated rings. The number of rotatable bonds is 9. The molecule has 0 saturated carbocycles. The van der Waals surface area contributed by atoms with Gasteiger partial charge in [0, 0.05) is 17.7 Å². The van der Waals surface area contributed by atoms with E-state index in [-0.39, 0.29) is 5.91 Å². The summed E-state index contributed by atoms with van der Waals surface area (Å²) >= 11 is 6.75. The van der Waals surface area contributed by atoms with Crippen molar-refractivity contribution in [3.8, 4) is 11.3 Å². The van der Waals surface area contributed by atoms with Crippen LogP contribution in [0.2, 0.25) is 0 Å². The predicted molar refractivity (Wildman–Crippen MR) is 151 cm³/mol. The number of nitrogens with one attached hydrogen (secondary N) is 1. The van der Waals surface area contributed by atoms with Gasteiger partial charge in [-0.1, -0.05) is 94.5 Å². The molecule has 1 aromatic heterocycles. The molecule has 1 aromatic carbocycles. The Bertz CT molecular complexity index is 1150. The smallest absolute Gasteiger partial charge is 0.272 e. The minimum atomic E-state index is -0.0696. The zero-order valence-corrected chi connectivity index (χ0v) is 23.4. The zero-order valence-electron chi connectivity index (χ0n) is 22.7. The fraction of sp³-hybridized carbons (Fsp3) is 0.548. The number of carbonyl (C=O) groups excluding carboxylic acids is 1. The van der Waals surface area contributed by atoms with Crippen molar-refractivity contribution in [2.24, 2.45) is 17.8 Å². The summed E-state index contributed by atoms with van der Waals surface area (Å²) in [5.41, 5.74) is 7.26. The standard InChI is InChI=1S/C31H42ClN3O/c1-6-23(7-2)14-11-22(5)19-33-31(36)29-26-10-8-9-24-17-20(3)12-15-25(24)30(26)35(34-29)28-16-13-21(4)18-27(28)32/h12,15-18,21-23H,6-11,13-14,19H2,1-5H3,(H,33,36). The molecular formula is C31H42ClN3O.